The monoisotopic (exact) mass is 185 g/mol. The minimum absolute atomic E-state index is 0.835. The third kappa shape index (κ3) is 1.64. The first-order valence-corrected chi connectivity index (χ1v) is 6.25. The Balaban J connectivity index is 1.75. The summed E-state index contributed by atoms with van der Waals surface area (Å²) in [5, 5.41) is 3.26. The zero-order valence-corrected chi connectivity index (χ0v) is 8.75. The second kappa shape index (κ2) is 3.59. The van der Waals surface area contributed by atoms with Gasteiger partial charge in [-0.25, -0.2) is 0 Å². The second-order valence-corrected chi connectivity index (χ2v) is 5.49. The van der Waals surface area contributed by atoms with Crippen molar-refractivity contribution in [1.82, 2.24) is 5.32 Å². The van der Waals surface area contributed by atoms with E-state index in [0.717, 1.165) is 11.3 Å². The molecule has 1 aliphatic heterocycles. The van der Waals surface area contributed by atoms with E-state index in [-0.39, 0.29) is 0 Å². The molecule has 2 fully saturated rings. The molecular formula is C10H19NS. The van der Waals surface area contributed by atoms with Gasteiger partial charge in [-0.1, -0.05) is 0 Å². The Bertz CT molecular complexity index is 150. The molecule has 0 amide bonds. The van der Waals surface area contributed by atoms with E-state index in [1.807, 2.05) is 0 Å². The molecule has 70 valence electrons. The summed E-state index contributed by atoms with van der Waals surface area (Å²) in [5.74, 6) is 3.93. The molecule has 1 spiro atoms. The highest BCUT2D eigenvalue weighted by atomic mass is 32.2. The Morgan fingerprint density at radius 1 is 1.42 bits per heavy atom. The summed E-state index contributed by atoms with van der Waals surface area (Å²) in [5.41, 5.74) is 0.835. The van der Waals surface area contributed by atoms with E-state index in [1.54, 1.807) is 0 Å². The zero-order chi connectivity index (χ0) is 8.44. The predicted molar refractivity (Wildman–Crippen MR) is 55.6 cm³/mol. The quantitative estimate of drug-likeness (QED) is 0.723. The van der Waals surface area contributed by atoms with Gasteiger partial charge in [0.05, 0.1) is 0 Å². The van der Waals surface area contributed by atoms with Gasteiger partial charge in [-0.3, -0.25) is 0 Å². The molecule has 0 aromatic rings. The fourth-order valence-electron chi connectivity index (χ4n) is 2.55. The van der Waals surface area contributed by atoms with Crippen molar-refractivity contribution >= 4 is 11.8 Å². The van der Waals surface area contributed by atoms with Gasteiger partial charge in [0.2, 0.25) is 0 Å². The highest BCUT2D eigenvalue weighted by Gasteiger charge is 2.52. The summed E-state index contributed by atoms with van der Waals surface area (Å²) in [7, 11) is 2.06. The van der Waals surface area contributed by atoms with Crippen LogP contribution in [0, 0.1) is 11.3 Å². The lowest BCUT2D eigenvalue weighted by Crippen LogP contribution is -2.15. The summed E-state index contributed by atoms with van der Waals surface area (Å²) in [6, 6.07) is 0. The van der Waals surface area contributed by atoms with Crippen molar-refractivity contribution in [1.29, 1.82) is 0 Å². The number of thioether (sulfide) groups is 1. The molecule has 1 unspecified atom stereocenters. The van der Waals surface area contributed by atoms with Crippen molar-refractivity contribution in [3.8, 4) is 0 Å². The SMILES string of the molecule is CNCCC1CC12CCSCC2. The molecule has 12 heavy (non-hydrogen) atoms. The number of rotatable bonds is 3. The van der Waals surface area contributed by atoms with Crippen molar-refractivity contribution in [3.05, 3.63) is 0 Å². The Labute approximate surface area is 79.7 Å². The largest absolute Gasteiger partial charge is 0.320 e. The Kier molecular flexibility index (Phi) is 2.66. The van der Waals surface area contributed by atoms with Gasteiger partial charge < -0.3 is 5.32 Å². The molecule has 2 heteroatoms. The maximum Gasteiger partial charge on any atom is -0.00491 e. The summed E-state index contributed by atoms with van der Waals surface area (Å²) < 4.78 is 0. The van der Waals surface area contributed by atoms with Crippen LogP contribution in [-0.2, 0) is 0 Å². The van der Waals surface area contributed by atoms with Crippen LogP contribution >= 0.6 is 11.8 Å². The maximum atomic E-state index is 3.26. The predicted octanol–water partition coefficient (Wildman–Crippen LogP) is 2.13. The summed E-state index contributed by atoms with van der Waals surface area (Å²) in [6.07, 6.45) is 5.97. The Morgan fingerprint density at radius 2 is 2.17 bits per heavy atom. The third-order valence-corrected chi connectivity index (χ3v) is 4.58. The fourth-order valence-corrected chi connectivity index (χ4v) is 3.85. The van der Waals surface area contributed by atoms with E-state index in [9.17, 15) is 0 Å². The molecule has 0 aromatic carbocycles. The van der Waals surface area contributed by atoms with E-state index >= 15 is 0 Å². The molecule has 1 saturated heterocycles. The minimum Gasteiger partial charge on any atom is -0.320 e. The lowest BCUT2D eigenvalue weighted by Gasteiger charge is -2.22. The van der Waals surface area contributed by atoms with Gasteiger partial charge in [-0.05, 0) is 62.1 Å². The number of nitrogens with one attached hydrogen (secondary N) is 1. The van der Waals surface area contributed by atoms with Crippen molar-refractivity contribution in [2.75, 3.05) is 25.1 Å². The molecule has 1 nitrogen and oxygen atoms in total. The van der Waals surface area contributed by atoms with Gasteiger partial charge in [0, 0.05) is 0 Å². The molecule has 1 aliphatic carbocycles. The fraction of sp³-hybridized carbons (Fsp3) is 1.00. The van der Waals surface area contributed by atoms with Crippen LogP contribution in [0.4, 0.5) is 0 Å². The zero-order valence-electron chi connectivity index (χ0n) is 7.94. The summed E-state index contributed by atoms with van der Waals surface area (Å²) >= 11 is 2.15. The first-order valence-electron chi connectivity index (χ1n) is 5.10. The van der Waals surface area contributed by atoms with Gasteiger partial charge in [-0.15, -0.1) is 0 Å². The Morgan fingerprint density at radius 3 is 2.83 bits per heavy atom. The van der Waals surface area contributed by atoms with Crippen LogP contribution in [0.5, 0.6) is 0 Å². The van der Waals surface area contributed by atoms with E-state index in [4.69, 9.17) is 0 Å². The third-order valence-electron chi connectivity index (χ3n) is 3.59. The van der Waals surface area contributed by atoms with Crippen LogP contribution in [-0.4, -0.2) is 25.1 Å². The smallest absolute Gasteiger partial charge is 0.00491 e. The van der Waals surface area contributed by atoms with Crippen molar-refractivity contribution in [3.63, 3.8) is 0 Å². The van der Waals surface area contributed by atoms with Crippen molar-refractivity contribution < 1.29 is 0 Å². The van der Waals surface area contributed by atoms with E-state index < -0.39 is 0 Å². The topological polar surface area (TPSA) is 12.0 Å². The highest BCUT2D eigenvalue weighted by molar-refractivity contribution is 7.99. The summed E-state index contributed by atoms with van der Waals surface area (Å²) in [6.45, 7) is 1.22. The van der Waals surface area contributed by atoms with Crippen LogP contribution in [0.25, 0.3) is 0 Å². The average Bonchev–Trinajstić information content (AvgIpc) is 2.77. The molecule has 1 saturated carbocycles. The van der Waals surface area contributed by atoms with Crippen LogP contribution in [0.15, 0.2) is 0 Å². The maximum absolute atomic E-state index is 3.26. The average molecular weight is 185 g/mol. The van der Waals surface area contributed by atoms with Gasteiger partial charge >= 0.3 is 0 Å². The highest BCUT2D eigenvalue weighted by Crippen LogP contribution is 2.61. The molecule has 2 rings (SSSR count). The van der Waals surface area contributed by atoms with Crippen LogP contribution in [0.2, 0.25) is 0 Å². The van der Waals surface area contributed by atoms with E-state index in [0.29, 0.717) is 0 Å². The van der Waals surface area contributed by atoms with Crippen molar-refractivity contribution in [2.45, 2.75) is 25.7 Å². The molecule has 1 heterocycles. The van der Waals surface area contributed by atoms with Gasteiger partial charge in [0.1, 0.15) is 0 Å². The summed E-state index contributed by atoms with van der Waals surface area (Å²) in [4.78, 5) is 0. The lowest BCUT2D eigenvalue weighted by atomic mass is 9.95. The van der Waals surface area contributed by atoms with Crippen LogP contribution in [0.3, 0.4) is 0 Å². The van der Waals surface area contributed by atoms with Crippen LogP contribution < -0.4 is 5.32 Å². The minimum atomic E-state index is 0.835. The Hall–Kier alpha value is 0.310. The van der Waals surface area contributed by atoms with Gasteiger partial charge in [0.25, 0.3) is 0 Å². The molecular weight excluding hydrogens is 166 g/mol. The second-order valence-electron chi connectivity index (χ2n) is 4.27. The first-order chi connectivity index (χ1) is 5.87. The standard InChI is InChI=1S/C10H19NS/c1-11-5-2-9-8-10(9)3-6-12-7-4-10/h9,11H,2-8H2,1H3. The van der Waals surface area contributed by atoms with E-state index in [1.165, 1.54) is 43.7 Å². The van der Waals surface area contributed by atoms with Crippen molar-refractivity contribution in [2.24, 2.45) is 11.3 Å². The van der Waals surface area contributed by atoms with Gasteiger partial charge in [-0.2, -0.15) is 11.8 Å². The van der Waals surface area contributed by atoms with E-state index in [2.05, 4.69) is 24.1 Å². The molecule has 1 N–H and O–H groups in total. The molecule has 1 atom stereocenters. The molecule has 0 bridgehead atoms. The lowest BCUT2D eigenvalue weighted by molar-refractivity contribution is 0.406. The molecule has 0 radical (unpaired) electrons. The molecule has 0 aromatic heterocycles. The number of hydrogen-bond donors (Lipinski definition) is 1. The normalized spacial score (nSPS) is 32.2. The number of hydrogen-bond acceptors (Lipinski definition) is 2. The molecule has 2 aliphatic rings. The van der Waals surface area contributed by atoms with Gasteiger partial charge in [0.15, 0.2) is 0 Å². The first kappa shape index (κ1) is 8.89. The van der Waals surface area contributed by atoms with Crippen LogP contribution in [0.1, 0.15) is 25.7 Å².